The van der Waals surface area contributed by atoms with Crippen molar-refractivity contribution >= 4 is 11.9 Å². The molecule has 5 nitrogen and oxygen atoms in total. The van der Waals surface area contributed by atoms with Gasteiger partial charge in [0.25, 0.3) is 0 Å². The number of esters is 2. The molecule has 0 aromatic heterocycles. The lowest BCUT2D eigenvalue weighted by Gasteiger charge is -2.18. The van der Waals surface area contributed by atoms with E-state index in [0.29, 0.717) is 6.42 Å². The first-order valence-corrected chi connectivity index (χ1v) is 10.7. The lowest BCUT2D eigenvalue weighted by molar-refractivity contribution is -0.161. The molecule has 0 spiro atoms. The molecule has 0 fully saturated rings. The predicted molar refractivity (Wildman–Crippen MR) is 121 cm³/mol. The molecule has 2 rings (SSSR count). The molecule has 2 aromatic carbocycles. The van der Waals surface area contributed by atoms with E-state index in [-0.39, 0.29) is 5.92 Å². The number of aliphatic hydroxyl groups is 2. The van der Waals surface area contributed by atoms with Gasteiger partial charge in [-0.05, 0) is 55.9 Å². The molecule has 0 bridgehead atoms. The topological polar surface area (TPSA) is 83.8 Å². The summed E-state index contributed by atoms with van der Waals surface area (Å²) in [7, 11) is 0. The Balaban J connectivity index is 2.00. The minimum Gasteiger partial charge on any atom is -0.392 e. The zero-order valence-electron chi connectivity index (χ0n) is 19.3. The van der Waals surface area contributed by atoms with E-state index in [1.165, 1.54) is 0 Å². The first kappa shape index (κ1) is 24.8. The minimum atomic E-state index is -0.806. The molecular weight excluding hydrogens is 392 g/mol. The van der Waals surface area contributed by atoms with Crippen molar-refractivity contribution < 1.29 is 24.5 Å². The van der Waals surface area contributed by atoms with E-state index in [0.717, 1.165) is 22.3 Å². The fourth-order valence-electron chi connectivity index (χ4n) is 3.34. The summed E-state index contributed by atoms with van der Waals surface area (Å²) in [5.41, 5.74) is 2.42. The largest absolute Gasteiger partial charge is 0.392 e. The van der Waals surface area contributed by atoms with Gasteiger partial charge in [-0.2, -0.15) is 0 Å². The van der Waals surface area contributed by atoms with Crippen LogP contribution in [-0.4, -0.2) is 27.8 Å². The summed E-state index contributed by atoms with van der Waals surface area (Å²) in [6, 6.07) is 14.5. The zero-order valence-corrected chi connectivity index (χ0v) is 19.3. The number of benzene rings is 2. The minimum absolute atomic E-state index is 0.0940. The van der Waals surface area contributed by atoms with Crippen LogP contribution in [0.2, 0.25) is 0 Å². The summed E-state index contributed by atoms with van der Waals surface area (Å²) >= 11 is 0. The number of aliphatic hydroxyl groups excluding tert-OH is 1. The molecule has 31 heavy (non-hydrogen) atoms. The molecule has 0 radical (unpaired) electrons. The summed E-state index contributed by atoms with van der Waals surface area (Å²) in [4.78, 5) is 25.0. The molecule has 0 aliphatic carbocycles. The van der Waals surface area contributed by atoms with Crippen molar-refractivity contribution in [2.24, 2.45) is 5.92 Å². The number of carbonyl (C=O) groups excluding carboxylic acids is 2. The fraction of sp³-hybridized carbons (Fsp3) is 0.462. The summed E-state index contributed by atoms with van der Waals surface area (Å²) < 4.78 is 5.14. The maximum Gasteiger partial charge on any atom is 0.320 e. The second-order valence-electron chi connectivity index (χ2n) is 9.27. The Morgan fingerprint density at radius 2 is 1.19 bits per heavy atom. The van der Waals surface area contributed by atoms with Gasteiger partial charge in [0.1, 0.15) is 0 Å². The third-order valence-electron chi connectivity index (χ3n) is 5.43. The van der Waals surface area contributed by atoms with Crippen molar-refractivity contribution in [1.29, 1.82) is 0 Å². The van der Waals surface area contributed by atoms with Crippen molar-refractivity contribution in [2.75, 3.05) is 0 Å². The van der Waals surface area contributed by atoms with Crippen molar-refractivity contribution in [3.8, 4) is 0 Å². The second kappa shape index (κ2) is 10.2. The average molecular weight is 427 g/mol. The Kier molecular flexibility index (Phi) is 8.15. The molecule has 2 aromatic rings. The first-order valence-electron chi connectivity index (χ1n) is 10.7. The van der Waals surface area contributed by atoms with Crippen molar-refractivity contribution in [2.45, 2.75) is 71.5 Å². The SMILES string of the molecule is CC(C(=O)OC(=O)C(C)c1ccc(C(O)C(C)C)cc1)c1ccc(CC(C)(C)O)cc1. The summed E-state index contributed by atoms with van der Waals surface area (Å²) in [6.07, 6.45) is -0.0525. The second-order valence-corrected chi connectivity index (χ2v) is 9.27. The Morgan fingerprint density at radius 3 is 1.58 bits per heavy atom. The number of hydrogen-bond donors (Lipinski definition) is 2. The van der Waals surface area contributed by atoms with Crippen LogP contribution in [0.15, 0.2) is 48.5 Å². The third kappa shape index (κ3) is 7.01. The molecule has 2 N–H and O–H groups in total. The number of ether oxygens (including phenoxy) is 1. The maximum absolute atomic E-state index is 12.5. The van der Waals surface area contributed by atoms with E-state index in [4.69, 9.17) is 4.74 Å². The molecule has 0 aliphatic rings. The van der Waals surface area contributed by atoms with Crippen molar-refractivity contribution in [3.63, 3.8) is 0 Å². The van der Waals surface area contributed by atoms with E-state index in [1.807, 2.05) is 38.1 Å². The molecule has 3 unspecified atom stereocenters. The van der Waals surface area contributed by atoms with Gasteiger partial charge in [-0.3, -0.25) is 9.59 Å². The van der Waals surface area contributed by atoms with Gasteiger partial charge in [0, 0.05) is 6.42 Å². The van der Waals surface area contributed by atoms with E-state index in [2.05, 4.69) is 0 Å². The number of carbonyl (C=O) groups is 2. The molecule has 3 atom stereocenters. The van der Waals surface area contributed by atoms with E-state index in [1.54, 1.807) is 52.0 Å². The van der Waals surface area contributed by atoms with Crippen LogP contribution in [0.4, 0.5) is 0 Å². The van der Waals surface area contributed by atoms with Gasteiger partial charge in [-0.15, -0.1) is 0 Å². The molecule has 0 saturated heterocycles. The highest BCUT2D eigenvalue weighted by Crippen LogP contribution is 2.25. The maximum atomic E-state index is 12.5. The van der Waals surface area contributed by atoms with Gasteiger partial charge >= 0.3 is 11.9 Å². The smallest absolute Gasteiger partial charge is 0.320 e. The summed E-state index contributed by atoms with van der Waals surface area (Å²) in [5.74, 6) is -2.30. The quantitative estimate of drug-likeness (QED) is 0.473. The van der Waals surface area contributed by atoms with E-state index >= 15 is 0 Å². The van der Waals surface area contributed by atoms with Gasteiger partial charge in [-0.1, -0.05) is 62.4 Å². The monoisotopic (exact) mass is 426 g/mol. The van der Waals surface area contributed by atoms with Gasteiger partial charge in [0.05, 0.1) is 23.5 Å². The van der Waals surface area contributed by atoms with Crippen LogP contribution in [0, 0.1) is 5.92 Å². The molecule has 0 saturated carbocycles. The van der Waals surface area contributed by atoms with Crippen LogP contribution >= 0.6 is 0 Å². The highest BCUT2D eigenvalue weighted by Gasteiger charge is 2.25. The van der Waals surface area contributed by atoms with Crippen LogP contribution in [-0.2, 0) is 20.7 Å². The Morgan fingerprint density at radius 1 is 0.806 bits per heavy atom. The molecule has 0 amide bonds. The van der Waals surface area contributed by atoms with Crippen LogP contribution < -0.4 is 0 Å². The first-order chi connectivity index (χ1) is 14.4. The Labute approximate surface area is 185 Å². The zero-order chi connectivity index (χ0) is 23.3. The van der Waals surface area contributed by atoms with Crippen LogP contribution in [0.1, 0.15) is 81.7 Å². The van der Waals surface area contributed by atoms with Crippen molar-refractivity contribution in [3.05, 3.63) is 70.8 Å². The normalized spacial score (nSPS) is 14.7. The lowest BCUT2D eigenvalue weighted by Crippen LogP contribution is -2.22. The molecule has 168 valence electrons. The Hall–Kier alpha value is -2.50. The molecule has 5 heteroatoms. The standard InChI is InChI=1S/C26H34O5/c1-16(2)23(27)22-13-11-21(12-14-22)18(4)25(29)31-24(28)17(3)20-9-7-19(8-10-20)15-26(5,6)30/h7-14,16-18,23,27,30H,15H2,1-6H3. The molecule has 0 aliphatic heterocycles. The number of rotatable bonds is 8. The van der Waals surface area contributed by atoms with Crippen molar-refractivity contribution in [1.82, 2.24) is 0 Å². The Bertz CT molecular complexity index is 876. The van der Waals surface area contributed by atoms with Crippen LogP contribution in [0.25, 0.3) is 0 Å². The van der Waals surface area contributed by atoms with Gasteiger partial charge in [0.15, 0.2) is 0 Å². The summed E-state index contributed by atoms with van der Waals surface area (Å²) in [6.45, 7) is 10.8. The molecule has 0 heterocycles. The highest BCUT2D eigenvalue weighted by molar-refractivity contribution is 5.92. The average Bonchev–Trinajstić information content (AvgIpc) is 2.71. The lowest BCUT2D eigenvalue weighted by atomic mass is 9.94. The highest BCUT2D eigenvalue weighted by atomic mass is 16.6. The van der Waals surface area contributed by atoms with Gasteiger partial charge in [0.2, 0.25) is 0 Å². The van der Waals surface area contributed by atoms with E-state index < -0.39 is 35.5 Å². The number of hydrogen-bond acceptors (Lipinski definition) is 5. The summed E-state index contributed by atoms with van der Waals surface area (Å²) in [5, 5.41) is 20.1. The van der Waals surface area contributed by atoms with Crippen LogP contribution in [0.5, 0.6) is 0 Å². The van der Waals surface area contributed by atoms with Gasteiger partial charge in [-0.25, -0.2) is 0 Å². The molecular formula is C26H34O5. The fourth-order valence-corrected chi connectivity index (χ4v) is 3.34. The predicted octanol–water partition coefficient (Wildman–Crippen LogP) is 4.67. The van der Waals surface area contributed by atoms with E-state index in [9.17, 15) is 19.8 Å². The van der Waals surface area contributed by atoms with Crippen LogP contribution in [0.3, 0.4) is 0 Å². The van der Waals surface area contributed by atoms with Gasteiger partial charge < -0.3 is 14.9 Å². The third-order valence-corrected chi connectivity index (χ3v) is 5.43.